The Morgan fingerprint density at radius 1 is 0.792 bits per heavy atom. The van der Waals surface area contributed by atoms with Gasteiger partial charge in [-0.2, -0.15) is 0 Å². The third-order valence-corrected chi connectivity index (χ3v) is 7.08. The van der Waals surface area contributed by atoms with Gasteiger partial charge in [0.15, 0.2) is 0 Å². The summed E-state index contributed by atoms with van der Waals surface area (Å²) in [5.41, 5.74) is 3.84. The van der Waals surface area contributed by atoms with E-state index in [-0.39, 0.29) is 23.7 Å². The largest absolute Gasteiger partial charge is 0.274 e. The maximum Gasteiger partial charge on any atom is 0.238 e. The van der Waals surface area contributed by atoms with E-state index in [1.54, 1.807) is 11.1 Å². The predicted molar refractivity (Wildman–Crippen MR) is 89.9 cm³/mol. The Bertz CT molecular complexity index is 789. The van der Waals surface area contributed by atoms with E-state index in [1.165, 1.54) is 17.7 Å². The molecule has 1 aliphatic heterocycles. The minimum atomic E-state index is -0.103. The Kier molecular flexibility index (Phi) is 2.34. The molecular weight excluding hydrogens is 298 g/mol. The van der Waals surface area contributed by atoms with Crippen LogP contribution in [-0.4, -0.2) is 11.8 Å². The average molecular weight is 317 g/mol. The van der Waals surface area contributed by atoms with Gasteiger partial charge in [-0.3, -0.25) is 14.5 Å². The third-order valence-electron chi connectivity index (χ3n) is 7.08. The van der Waals surface area contributed by atoms with E-state index in [0.717, 1.165) is 12.1 Å². The van der Waals surface area contributed by atoms with Crippen LogP contribution in [0.5, 0.6) is 0 Å². The summed E-state index contributed by atoms with van der Waals surface area (Å²) in [6.07, 6.45) is 8.21. The van der Waals surface area contributed by atoms with Crippen molar-refractivity contribution in [3.05, 3.63) is 53.6 Å². The molecule has 5 aliphatic carbocycles. The van der Waals surface area contributed by atoms with E-state index in [2.05, 4.69) is 12.2 Å². The normalized spacial score (nSPS) is 41.4. The Labute approximate surface area is 141 Å². The van der Waals surface area contributed by atoms with Crippen LogP contribution in [0.15, 0.2) is 53.6 Å². The first-order valence-corrected chi connectivity index (χ1v) is 9.10. The molecule has 3 nitrogen and oxygen atoms in total. The first-order valence-electron chi connectivity index (χ1n) is 9.10. The van der Waals surface area contributed by atoms with E-state index in [1.807, 2.05) is 30.3 Å². The van der Waals surface area contributed by atoms with Crippen LogP contribution in [0.25, 0.3) is 0 Å². The number of para-hydroxylation sites is 1. The third kappa shape index (κ3) is 1.36. The summed E-state index contributed by atoms with van der Waals surface area (Å²) < 4.78 is 0. The monoisotopic (exact) mass is 317 g/mol. The number of carbonyl (C=O) groups is 2. The molecule has 1 saturated carbocycles. The van der Waals surface area contributed by atoms with Crippen molar-refractivity contribution in [1.82, 2.24) is 0 Å². The number of nitrogens with zero attached hydrogens (tertiary/aromatic N) is 1. The highest BCUT2D eigenvalue weighted by Gasteiger charge is 2.65. The van der Waals surface area contributed by atoms with E-state index < -0.39 is 0 Å². The minimum absolute atomic E-state index is 0.0423. The summed E-state index contributed by atoms with van der Waals surface area (Å²) in [6.45, 7) is 0. The van der Waals surface area contributed by atoms with Crippen LogP contribution in [0.2, 0.25) is 0 Å². The number of carbonyl (C=O) groups excluding carboxylic acids is 2. The molecule has 7 rings (SSSR count). The van der Waals surface area contributed by atoms with Crippen molar-refractivity contribution in [3.8, 4) is 0 Å². The zero-order chi connectivity index (χ0) is 16.0. The van der Waals surface area contributed by atoms with Gasteiger partial charge in [0.1, 0.15) is 0 Å². The number of imide groups is 1. The molecule has 24 heavy (non-hydrogen) atoms. The Morgan fingerprint density at radius 3 is 1.83 bits per heavy atom. The Balaban J connectivity index is 1.45. The molecule has 1 heterocycles. The van der Waals surface area contributed by atoms with Crippen LogP contribution < -0.4 is 4.90 Å². The highest BCUT2D eigenvalue weighted by atomic mass is 16.2. The maximum absolute atomic E-state index is 13.1. The lowest BCUT2D eigenvalue weighted by Gasteiger charge is -2.40. The van der Waals surface area contributed by atoms with E-state index in [0.29, 0.717) is 23.7 Å². The molecule has 6 atom stereocenters. The van der Waals surface area contributed by atoms with Crippen molar-refractivity contribution in [2.24, 2.45) is 35.5 Å². The Hall–Kier alpha value is -2.16. The molecule has 6 unspecified atom stereocenters. The number of anilines is 1. The summed E-state index contributed by atoms with van der Waals surface area (Å²) in [5, 5.41) is 0. The van der Waals surface area contributed by atoms with Gasteiger partial charge in [-0.1, -0.05) is 41.5 Å². The van der Waals surface area contributed by atoms with Gasteiger partial charge in [0, 0.05) is 0 Å². The molecule has 0 spiro atoms. The van der Waals surface area contributed by atoms with E-state index in [9.17, 15) is 9.59 Å². The SMILES string of the molecule is O=C1C2C3CC(C4=C3C3C=CC4CC3)C2C(=O)N1c1ccccc1. The van der Waals surface area contributed by atoms with Crippen molar-refractivity contribution in [3.63, 3.8) is 0 Å². The maximum atomic E-state index is 13.1. The molecule has 1 saturated heterocycles. The molecule has 6 aliphatic rings. The van der Waals surface area contributed by atoms with Gasteiger partial charge in [-0.15, -0.1) is 0 Å². The van der Waals surface area contributed by atoms with Crippen LogP contribution in [0.3, 0.4) is 0 Å². The predicted octanol–water partition coefficient (Wildman–Crippen LogP) is 3.33. The van der Waals surface area contributed by atoms with Gasteiger partial charge in [-0.05, 0) is 55.1 Å². The fourth-order valence-corrected chi connectivity index (χ4v) is 6.34. The smallest absolute Gasteiger partial charge is 0.238 e. The standard InChI is InChI=1S/C21H19NO2/c23-20-18-14-10-15(17-12-7-6-11(8-9-12)16(14)17)19(18)21(24)22(20)13-4-2-1-3-5-13/h1-7,11-12,14-15,18-19H,8-10H2. The molecule has 1 aromatic rings. The molecule has 4 bridgehead atoms. The zero-order valence-corrected chi connectivity index (χ0v) is 13.4. The minimum Gasteiger partial charge on any atom is -0.274 e. The number of hydrogen-bond donors (Lipinski definition) is 0. The second-order valence-electron chi connectivity index (χ2n) is 7.93. The van der Waals surface area contributed by atoms with Gasteiger partial charge in [0.25, 0.3) is 0 Å². The molecule has 0 N–H and O–H groups in total. The van der Waals surface area contributed by atoms with E-state index >= 15 is 0 Å². The van der Waals surface area contributed by atoms with E-state index in [4.69, 9.17) is 0 Å². The van der Waals surface area contributed by atoms with Crippen LogP contribution in [-0.2, 0) is 9.59 Å². The van der Waals surface area contributed by atoms with Gasteiger partial charge in [0.2, 0.25) is 11.8 Å². The molecule has 0 radical (unpaired) electrons. The summed E-state index contributed by atoms with van der Waals surface area (Å²) in [6, 6.07) is 9.45. The topological polar surface area (TPSA) is 37.4 Å². The van der Waals surface area contributed by atoms with Gasteiger partial charge < -0.3 is 0 Å². The fraction of sp³-hybridized carbons (Fsp3) is 0.429. The number of allylic oxidation sites excluding steroid dienone is 4. The van der Waals surface area contributed by atoms with Crippen LogP contribution in [0, 0.1) is 35.5 Å². The zero-order valence-electron chi connectivity index (χ0n) is 13.4. The highest BCUT2D eigenvalue weighted by Crippen LogP contribution is 2.65. The quantitative estimate of drug-likeness (QED) is 0.588. The second kappa shape index (κ2) is 4.27. The summed E-state index contributed by atoms with van der Waals surface area (Å²) in [5.74, 6) is 1.59. The van der Waals surface area contributed by atoms with Gasteiger partial charge in [0.05, 0.1) is 17.5 Å². The highest BCUT2D eigenvalue weighted by molar-refractivity contribution is 6.23. The number of amides is 2. The van der Waals surface area contributed by atoms with Gasteiger partial charge in [-0.25, -0.2) is 0 Å². The molecule has 3 heteroatoms. The molecule has 2 amide bonds. The van der Waals surface area contributed by atoms with Crippen LogP contribution in [0.4, 0.5) is 5.69 Å². The van der Waals surface area contributed by atoms with Crippen LogP contribution >= 0.6 is 0 Å². The number of fused-ring (bicyclic) bond motifs is 6. The van der Waals surface area contributed by atoms with Crippen molar-refractivity contribution in [1.29, 1.82) is 0 Å². The molecule has 1 aromatic carbocycles. The van der Waals surface area contributed by atoms with Crippen molar-refractivity contribution in [2.45, 2.75) is 19.3 Å². The number of benzene rings is 1. The summed E-state index contributed by atoms with van der Waals surface area (Å²) in [7, 11) is 0. The van der Waals surface area contributed by atoms with Crippen molar-refractivity contribution < 1.29 is 9.59 Å². The molecular formula is C21H19NO2. The van der Waals surface area contributed by atoms with Crippen LogP contribution in [0.1, 0.15) is 19.3 Å². The fourth-order valence-electron chi connectivity index (χ4n) is 6.34. The summed E-state index contributed by atoms with van der Waals surface area (Å²) in [4.78, 5) is 27.7. The van der Waals surface area contributed by atoms with Crippen molar-refractivity contribution in [2.75, 3.05) is 4.90 Å². The lowest BCUT2D eigenvalue weighted by Crippen LogP contribution is -2.35. The number of hydrogen-bond acceptors (Lipinski definition) is 2. The second-order valence-corrected chi connectivity index (χ2v) is 7.93. The average Bonchev–Trinajstić information content (AvgIpc) is 3.28. The summed E-state index contributed by atoms with van der Waals surface area (Å²) >= 11 is 0. The van der Waals surface area contributed by atoms with Gasteiger partial charge >= 0.3 is 0 Å². The lowest BCUT2D eigenvalue weighted by molar-refractivity contribution is -0.123. The lowest BCUT2D eigenvalue weighted by atomic mass is 9.63. The Morgan fingerprint density at radius 2 is 1.33 bits per heavy atom. The molecule has 0 aromatic heterocycles. The first kappa shape index (κ1) is 13.2. The molecule has 2 fully saturated rings. The first-order chi connectivity index (χ1) is 11.8. The van der Waals surface area contributed by atoms with Crippen molar-refractivity contribution >= 4 is 17.5 Å². The molecule has 120 valence electrons. The number of rotatable bonds is 1.